The zero-order valence-electron chi connectivity index (χ0n) is 18.0. The second-order valence-electron chi connectivity index (χ2n) is 7.08. The molecule has 3 aromatic rings. The molecule has 1 N–H and O–H groups in total. The number of aryl methyl sites for hydroxylation is 1. The Labute approximate surface area is 188 Å². The van der Waals surface area contributed by atoms with Crippen LogP contribution in [0.5, 0.6) is 11.5 Å². The van der Waals surface area contributed by atoms with Gasteiger partial charge in [0.2, 0.25) is 0 Å². The first kappa shape index (κ1) is 21.8. The third-order valence-corrected chi connectivity index (χ3v) is 6.06. The first-order valence-corrected chi connectivity index (χ1v) is 11.0. The molecule has 1 atom stereocenters. The van der Waals surface area contributed by atoms with Crippen molar-refractivity contribution in [2.24, 2.45) is 0 Å². The van der Waals surface area contributed by atoms with Gasteiger partial charge in [0.25, 0.3) is 0 Å². The lowest BCUT2D eigenvalue weighted by Gasteiger charge is -2.26. The molecule has 0 radical (unpaired) electrons. The molecule has 3 heterocycles. The minimum Gasteiger partial charge on any atom is -0.486 e. The maximum atomic E-state index is 12.4. The number of para-hydroxylation sites is 2. The molecule has 32 heavy (non-hydrogen) atoms. The number of benzene rings is 1. The summed E-state index contributed by atoms with van der Waals surface area (Å²) in [6, 6.07) is 7.49. The lowest BCUT2D eigenvalue weighted by atomic mass is 10.2. The monoisotopic (exact) mass is 457 g/mol. The predicted molar refractivity (Wildman–Crippen MR) is 119 cm³/mol. The van der Waals surface area contributed by atoms with E-state index in [4.69, 9.17) is 18.9 Å². The Bertz CT molecular complexity index is 1160. The molecule has 1 aliphatic heterocycles. The van der Waals surface area contributed by atoms with Gasteiger partial charge in [0, 0.05) is 0 Å². The average molecular weight is 458 g/mol. The molecule has 0 amide bonds. The molecule has 0 aliphatic carbocycles. The smallest absolute Gasteiger partial charge is 0.348 e. The topological polar surface area (TPSA) is 109 Å². The van der Waals surface area contributed by atoms with Crippen LogP contribution in [0.4, 0.5) is 5.82 Å². The number of carbonyl (C=O) groups excluding carboxylic acids is 2. The SMILES string of the molecule is CCOC(=O)c1sc2nc(CC(=O)OC)nc(NCC3COc4ccccc4O3)c2c1C. The highest BCUT2D eigenvalue weighted by molar-refractivity contribution is 7.20. The molecule has 1 unspecified atom stereocenters. The standard InChI is InChI=1S/C22H23N3O6S/c1-4-29-22(27)19-12(2)18-20(24-16(9-17(26)28-3)25-21(18)32-19)23-10-13-11-30-14-7-5-6-8-15(14)31-13/h5-8,13H,4,9-11H2,1-3H3,(H,23,24,25). The summed E-state index contributed by atoms with van der Waals surface area (Å²) < 4.78 is 21.7. The Morgan fingerprint density at radius 3 is 2.78 bits per heavy atom. The molecular formula is C22H23N3O6S. The van der Waals surface area contributed by atoms with Gasteiger partial charge in [-0.3, -0.25) is 4.79 Å². The fourth-order valence-electron chi connectivity index (χ4n) is 3.36. The van der Waals surface area contributed by atoms with Crippen LogP contribution in [-0.2, 0) is 20.7 Å². The first-order valence-electron chi connectivity index (χ1n) is 10.2. The summed E-state index contributed by atoms with van der Waals surface area (Å²) >= 11 is 1.21. The van der Waals surface area contributed by atoms with Crippen LogP contribution in [0.25, 0.3) is 10.2 Å². The number of methoxy groups -OCH3 is 1. The molecule has 0 fully saturated rings. The van der Waals surface area contributed by atoms with Crippen molar-refractivity contribution in [3.63, 3.8) is 0 Å². The van der Waals surface area contributed by atoms with Crippen molar-refractivity contribution in [1.82, 2.24) is 9.97 Å². The van der Waals surface area contributed by atoms with Crippen molar-refractivity contribution in [2.75, 3.05) is 32.2 Å². The van der Waals surface area contributed by atoms with Crippen molar-refractivity contribution in [3.8, 4) is 11.5 Å². The number of ether oxygens (including phenoxy) is 4. The summed E-state index contributed by atoms with van der Waals surface area (Å²) in [5.41, 5.74) is 0.724. The van der Waals surface area contributed by atoms with Crippen LogP contribution in [0, 0.1) is 6.92 Å². The number of thiophene rings is 1. The van der Waals surface area contributed by atoms with Crippen LogP contribution < -0.4 is 14.8 Å². The van der Waals surface area contributed by atoms with Gasteiger partial charge in [-0.2, -0.15) is 0 Å². The van der Waals surface area contributed by atoms with E-state index in [2.05, 4.69) is 15.3 Å². The Morgan fingerprint density at radius 1 is 1.25 bits per heavy atom. The number of carbonyl (C=O) groups is 2. The number of nitrogens with zero attached hydrogens (tertiary/aromatic N) is 2. The first-order chi connectivity index (χ1) is 15.5. The summed E-state index contributed by atoms with van der Waals surface area (Å²) in [6.07, 6.45) is -0.328. The molecule has 1 aliphatic rings. The minimum absolute atomic E-state index is 0.0801. The van der Waals surface area contributed by atoms with E-state index in [9.17, 15) is 9.59 Å². The number of rotatable bonds is 7. The molecule has 1 aromatic carbocycles. The number of anilines is 1. The van der Waals surface area contributed by atoms with Gasteiger partial charge in [0.05, 0.1) is 25.6 Å². The van der Waals surface area contributed by atoms with E-state index < -0.39 is 11.9 Å². The summed E-state index contributed by atoms with van der Waals surface area (Å²) in [5.74, 6) is 1.35. The third-order valence-electron chi connectivity index (χ3n) is 4.89. The van der Waals surface area contributed by atoms with Crippen LogP contribution in [0.1, 0.15) is 28.0 Å². The van der Waals surface area contributed by atoms with E-state index in [1.165, 1.54) is 18.4 Å². The number of hydrogen-bond donors (Lipinski definition) is 1. The molecular weight excluding hydrogens is 434 g/mol. The lowest BCUT2D eigenvalue weighted by Crippen LogP contribution is -2.35. The van der Waals surface area contributed by atoms with Crippen molar-refractivity contribution in [2.45, 2.75) is 26.4 Å². The van der Waals surface area contributed by atoms with E-state index in [0.717, 1.165) is 5.56 Å². The van der Waals surface area contributed by atoms with Crippen LogP contribution >= 0.6 is 11.3 Å². The number of fused-ring (bicyclic) bond motifs is 2. The van der Waals surface area contributed by atoms with E-state index >= 15 is 0 Å². The largest absolute Gasteiger partial charge is 0.486 e. The Hall–Kier alpha value is -3.40. The Morgan fingerprint density at radius 2 is 2.03 bits per heavy atom. The van der Waals surface area contributed by atoms with E-state index in [0.29, 0.717) is 51.4 Å². The molecule has 9 nitrogen and oxygen atoms in total. The van der Waals surface area contributed by atoms with Crippen LogP contribution in [0.15, 0.2) is 24.3 Å². The number of nitrogens with one attached hydrogen (secondary N) is 1. The normalized spacial score (nSPS) is 14.8. The summed E-state index contributed by atoms with van der Waals surface area (Å²) in [4.78, 5) is 34.2. The fourth-order valence-corrected chi connectivity index (χ4v) is 4.45. The molecule has 0 bridgehead atoms. The van der Waals surface area contributed by atoms with Crippen molar-refractivity contribution in [3.05, 3.63) is 40.5 Å². The van der Waals surface area contributed by atoms with Gasteiger partial charge in [-0.05, 0) is 31.5 Å². The number of aromatic nitrogens is 2. The Kier molecular flexibility index (Phi) is 6.40. The van der Waals surface area contributed by atoms with E-state index in [1.807, 2.05) is 31.2 Å². The van der Waals surface area contributed by atoms with Gasteiger partial charge in [0.15, 0.2) is 11.5 Å². The van der Waals surface area contributed by atoms with Gasteiger partial charge in [-0.25, -0.2) is 14.8 Å². The summed E-state index contributed by atoms with van der Waals surface area (Å²) in [5, 5.41) is 4.00. The predicted octanol–water partition coefficient (Wildman–Crippen LogP) is 3.14. The van der Waals surface area contributed by atoms with Gasteiger partial charge in [-0.15, -0.1) is 11.3 Å². The molecule has 0 saturated carbocycles. The quantitative estimate of drug-likeness (QED) is 0.535. The number of esters is 2. The van der Waals surface area contributed by atoms with E-state index in [1.54, 1.807) is 6.92 Å². The van der Waals surface area contributed by atoms with Gasteiger partial charge in [-0.1, -0.05) is 12.1 Å². The van der Waals surface area contributed by atoms with Crippen molar-refractivity contribution < 1.29 is 28.5 Å². The van der Waals surface area contributed by atoms with Gasteiger partial charge in [0.1, 0.15) is 40.5 Å². The Balaban J connectivity index is 1.63. The minimum atomic E-state index is -0.449. The average Bonchev–Trinajstić information content (AvgIpc) is 3.14. The molecule has 4 rings (SSSR count). The molecule has 168 valence electrons. The third kappa shape index (κ3) is 4.45. The highest BCUT2D eigenvalue weighted by Gasteiger charge is 2.24. The summed E-state index contributed by atoms with van der Waals surface area (Å²) in [7, 11) is 1.31. The molecule has 10 heteroatoms. The lowest BCUT2D eigenvalue weighted by molar-refractivity contribution is -0.139. The highest BCUT2D eigenvalue weighted by atomic mass is 32.1. The molecule has 0 spiro atoms. The molecule has 2 aromatic heterocycles. The summed E-state index contributed by atoms with van der Waals surface area (Å²) in [6.45, 7) is 4.64. The molecule has 0 saturated heterocycles. The van der Waals surface area contributed by atoms with Crippen LogP contribution in [0.3, 0.4) is 0 Å². The van der Waals surface area contributed by atoms with Gasteiger partial charge < -0.3 is 24.3 Å². The van der Waals surface area contributed by atoms with E-state index in [-0.39, 0.29) is 19.1 Å². The van der Waals surface area contributed by atoms with Crippen LogP contribution in [-0.4, -0.2) is 54.9 Å². The van der Waals surface area contributed by atoms with Crippen LogP contribution in [0.2, 0.25) is 0 Å². The zero-order valence-corrected chi connectivity index (χ0v) is 18.8. The van der Waals surface area contributed by atoms with Gasteiger partial charge >= 0.3 is 11.9 Å². The maximum Gasteiger partial charge on any atom is 0.348 e. The highest BCUT2D eigenvalue weighted by Crippen LogP contribution is 2.35. The fraction of sp³-hybridized carbons (Fsp3) is 0.364. The zero-order chi connectivity index (χ0) is 22.7. The number of hydrogen-bond acceptors (Lipinski definition) is 10. The second kappa shape index (κ2) is 9.39. The van der Waals surface area contributed by atoms with Crippen molar-refractivity contribution >= 4 is 39.3 Å². The van der Waals surface area contributed by atoms with Crippen molar-refractivity contribution in [1.29, 1.82) is 0 Å². The maximum absolute atomic E-state index is 12.4. The second-order valence-corrected chi connectivity index (χ2v) is 8.08.